The summed E-state index contributed by atoms with van der Waals surface area (Å²) in [5.74, 6) is 0.491. The van der Waals surface area contributed by atoms with Crippen LogP contribution in [0.25, 0.3) is 5.52 Å². The lowest BCUT2D eigenvalue weighted by atomic mass is 10.0. The highest BCUT2D eigenvalue weighted by atomic mass is 16.5. The first-order valence-electron chi connectivity index (χ1n) is 14.5. The van der Waals surface area contributed by atoms with Crippen molar-refractivity contribution in [2.75, 3.05) is 11.9 Å². The van der Waals surface area contributed by atoms with Gasteiger partial charge in [0.1, 0.15) is 17.9 Å². The average molecular weight is 557 g/mol. The van der Waals surface area contributed by atoms with Gasteiger partial charge >= 0.3 is 5.97 Å². The van der Waals surface area contributed by atoms with Crippen LogP contribution in [0.1, 0.15) is 57.5 Å². The van der Waals surface area contributed by atoms with Gasteiger partial charge in [0.25, 0.3) is 0 Å². The number of allylic oxidation sites excluding steroid dienone is 1. The predicted molar refractivity (Wildman–Crippen MR) is 161 cm³/mol. The molecule has 2 heterocycles. The quantitative estimate of drug-likeness (QED) is 0.161. The number of rotatable bonds is 9. The lowest BCUT2D eigenvalue weighted by molar-refractivity contribution is 0.0328. The number of fused-ring (bicyclic) bond motifs is 2. The van der Waals surface area contributed by atoms with Crippen molar-refractivity contribution >= 4 is 17.3 Å². The molecule has 3 aromatic carbocycles. The Morgan fingerprint density at radius 2 is 1.69 bits per heavy atom. The van der Waals surface area contributed by atoms with E-state index in [1.165, 1.54) is 11.1 Å². The number of anilines is 1. The molecule has 0 spiro atoms. The van der Waals surface area contributed by atoms with E-state index in [0.29, 0.717) is 25.2 Å². The third-order valence-electron chi connectivity index (χ3n) is 8.24. The summed E-state index contributed by atoms with van der Waals surface area (Å²) in [6, 6.07) is 32.2. The topological polar surface area (TPSA) is 77.8 Å². The van der Waals surface area contributed by atoms with Crippen molar-refractivity contribution in [1.29, 1.82) is 0 Å². The molecule has 210 valence electrons. The van der Waals surface area contributed by atoms with Crippen LogP contribution in [0.5, 0.6) is 0 Å². The van der Waals surface area contributed by atoms with Crippen LogP contribution < -0.4 is 5.32 Å². The van der Waals surface area contributed by atoms with Crippen molar-refractivity contribution in [2.45, 2.75) is 43.9 Å². The molecule has 0 aliphatic heterocycles. The van der Waals surface area contributed by atoms with Gasteiger partial charge in [-0.25, -0.2) is 14.3 Å². The van der Waals surface area contributed by atoms with Crippen molar-refractivity contribution in [3.05, 3.63) is 143 Å². The molecule has 0 saturated carbocycles. The van der Waals surface area contributed by atoms with Crippen molar-refractivity contribution in [2.24, 2.45) is 0 Å². The van der Waals surface area contributed by atoms with Crippen LogP contribution in [-0.2, 0) is 22.5 Å². The minimum atomic E-state index is -0.390. The number of carbonyl (C=O) groups is 1. The minimum Gasteiger partial charge on any atom is -0.454 e. The molecular weight excluding hydrogens is 524 g/mol. The molecule has 7 heteroatoms. The average Bonchev–Trinajstić information content (AvgIpc) is 3.76. The van der Waals surface area contributed by atoms with E-state index in [1.54, 1.807) is 18.5 Å². The molecule has 0 radical (unpaired) electrons. The van der Waals surface area contributed by atoms with Gasteiger partial charge in [-0.05, 0) is 59.4 Å². The number of nitrogens with one attached hydrogen (secondary N) is 1. The van der Waals surface area contributed by atoms with Gasteiger partial charge in [-0.2, -0.15) is 5.10 Å². The van der Waals surface area contributed by atoms with Gasteiger partial charge in [0.05, 0.1) is 24.8 Å². The second kappa shape index (κ2) is 11.6. The SMILES string of the molecule is O=C(O[C@H]1C[C@H](c2ccc3c(N[C@H]4CCc5ccccc54)ncnn23)C=C1COCc1ccccc1)c1ccccc1. The van der Waals surface area contributed by atoms with Crippen molar-refractivity contribution in [3.63, 3.8) is 0 Å². The zero-order chi connectivity index (χ0) is 28.3. The van der Waals surface area contributed by atoms with Crippen LogP contribution in [0.15, 0.2) is 115 Å². The maximum absolute atomic E-state index is 13.0. The number of aromatic nitrogens is 3. The lowest BCUT2D eigenvalue weighted by Crippen LogP contribution is -2.21. The molecular formula is C35H32N4O3. The molecule has 7 rings (SSSR count). The molecule has 2 aliphatic rings. The standard InChI is InChI=1S/C35H32N4O3/c40-35(26-12-5-2-6-13-26)42-33-20-27(19-28(33)22-41-21-24-9-3-1-4-10-24)31-17-18-32-34(36-23-37-39(31)32)38-30-16-15-25-11-7-8-14-29(25)30/h1-14,17-19,23,27,30,33H,15-16,20-22H2,(H,36,37,38)/t27-,30+,33+/m1/s1. The summed E-state index contributed by atoms with van der Waals surface area (Å²) in [7, 11) is 0. The van der Waals surface area contributed by atoms with E-state index >= 15 is 0 Å². The fourth-order valence-electron chi connectivity index (χ4n) is 6.14. The summed E-state index contributed by atoms with van der Waals surface area (Å²) < 4.78 is 14.1. The Morgan fingerprint density at radius 1 is 0.905 bits per heavy atom. The number of hydrogen-bond acceptors (Lipinski definition) is 6. The third-order valence-corrected chi connectivity index (χ3v) is 8.24. The molecule has 3 atom stereocenters. The number of benzene rings is 3. The van der Waals surface area contributed by atoms with E-state index in [-0.39, 0.29) is 17.9 Å². The molecule has 0 amide bonds. The first kappa shape index (κ1) is 26.2. The van der Waals surface area contributed by atoms with Gasteiger partial charge in [-0.1, -0.05) is 78.9 Å². The second-order valence-corrected chi connectivity index (χ2v) is 10.9. The van der Waals surface area contributed by atoms with Crippen LogP contribution in [0.4, 0.5) is 5.82 Å². The van der Waals surface area contributed by atoms with Crippen LogP contribution >= 0.6 is 0 Å². The van der Waals surface area contributed by atoms with Crippen LogP contribution in [0, 0.1) is 0 Å². The third kappa shape index (κ3) is 5.31. The largest absolute Gasteiger partial charge is 0.454 e. The van der Waals surface area contributed by atoms with E-state index in [0.717, 1.165) is 41.0 Å². The fourth-order valence-corrected chi connectivity index (χ4v) is 6.14. The van der Waals surface area contributed by atoms with Crippen molar-refractivity contribution in [3.8, 4) is 0 Å². The van der Waals surface area contributed by atoms with Gasteiger partial charge in [-0.15, -0.1) is 0 Å². The first-order chi connectivity index (χ1) is 20.7. The van der Waals surface area contributed by atoms with E-state index in [9.17, 15) is 4.79 Å². The maximum Gasteiger partial charge on any atom is 0.338 e. The maximum atomic E-state index is 13.0. The highest BCUT2D eigenvalue weighted by Crippen LogP contribution is 2.38. The Bertz CT molecular complexity index is 1730. The number of hydrogen-bond donors (Lipinski definition) is 1. The highest BCUT2D eigenvalue weighted by molar-refractivity contribution is 5.89. The molecule has 42 heavy (non-hydrogen) atoms. The molecule has 5 aromatic rings. The Kier molecular flexibility index (Phi) is 7.24. The van der Waals surface area contributed by atoms with Gasteiger partial charge in [0.15, 0.2) is 5.82 Å². The zero-order valence-electron chi connectivity index (χ0n) is 23.2. The molecule has 2 aliphatic carbocycles. The summed E-state index contributed by atoms with van der Waals surface area (Å²) in [6.45, 7) is 0.868. The normalized spacial score (nSPS) is 19.4. The summed E-state index contributed by atoms with van der Waals surface area (Å²) >= 11 is 0. The van der Waals surface area contributed by atoms with Crippen LogP contribution in [0.3, 0.4) is 0 Å². The number of ether oxygens (including phenoxy) is 2. The molecule has 0 saturated heterocycles. The number of nitrogens with zero attached hydrogens (tertiary/aromatic N) is 3. The Hall–Kier alpha value is -4.75. The molecule has 0 bridgehead atoms. The Labute approximate surface area is 244 Å². The monoisotopic (exact) mass is 556 g/mol. The zero-order valence-corrected chi connectivity index (χ0v) is 23.2. The lowest BCUT2D eigenvalue weighted by Gasteiger charge is -2.18. The fraction of sp³-hybridized carbons (Fsp3) is 0.229. The summed E-state index contributed by atoms with van der Waals surface area (Å²) in [5, 5.41) is 8.30. The Balaban J connectivity index is 1.13. The highest BCUT2D eigenvalue weighted by Gasteiger charge is 2.33. The van der Waals surface area contributed by atoms with E-state index in [1.807, 2.05) is 53.0 Å². The summed E-state index contributed by atoms with van der Waals surface area (Å²) in [5.41, 5.74) is 7.29. The summed E-state index contributed by atoms with van der Waals surface area (Å²) in [6.07, 6.45) is 6.12. The molecule has 2 aromatic heterocycles. The summed E-state index contributed by atoms with van der Waals surface area (Å²) in [4.78, 5) is 17.6. The van der Waals surface area contributed by atoms with Gasteiger partial charge in [-0.3, -0.25) is 0 Å². The van der Waals surface area contributed by atoms with Crippen molar-refractivity contribution < 1.29 is 14.3 Å². The van der Waals surface area contributed by atoms with E-state index in [2.05, 4.69) is 57.9 Å². The predicted octanol–water partition coefficient (Wildman–Crippen LogP) is 6.68. The van der Waals surface area contributed by atoms with Crippen molar-refractivity contribution in [1.82, 2.24) is 14.6 Å². The van der Waals surface area contributed by atoms with Crippen LogP contribution in [-0.4, -0.2) is 33.3 Å². The number of carbonyl (C=O) groups excluding carboxylic acids is 1. The first-order valence-corrected chi connectivity index (χ1v) is 14.5. The molecule has 1 N–H and O–H groups in total. The smallest absolute Gasteiger partial charge is 0.338 e. The number of esters is 1. The van der Waals surface area contributed by atoms with E-state index in [4.69, 9.17) is 9.47 Å². The number of aryl methyl sites for hydroxylation is 1. The second-order valence-electron chi connectivity index (χ2n) is 10.9. The van der Waals surface area contributed by atoms with Gasteiger partial charge in [0.2, 0.25) is 0 Å². The molecule has 0 unspecified atom stereocenters. The van der Waals surface area contributed by atoms with E-state index < -0.39 is 6.10 Å². The molecule has 0 fully saturated rings. The van der Waals surface area contributed by atoms with Crippen LogP contribution in [0.2, 0.25) is 0 Å². The molecule has 7 nitrogen and oxygen atoms in total. The van der Waals surface area contributed by atoms with Gasteiger partial charge < -0.3 is 14.8 Å². The minimum absolute atomic E-state index is 0.00588. The Morgan fingerprint density at radius 3 is 2.55 bits per heavy atom. The van der Waals surface area contributed by atoms with Gasteiger partial charge in [0, 0.05) is 18.0 Å².